The highest BCUT2D eigenvalue weighted by Crippen LogP contribution is 2.27. The van der Waals surface area contributed by atoms with Gasteiger partial charge in [0.05, 0.1) is 17.1 Å². The summed E-state index contributed by atoms with van der Waals surface area (Å²) >= 11 is 0. The SMILES string of the molecule is Cc1cc2nc3c(=O)[nH]c(=O)nc-3n(CC[C@H](O)CCO)c2cc1NCCN(C)C. The van der Waals surface area contributed by atoms with E-state index in [9.17, 15) is 14.7 Å². The van der Waals surface area contributed by atoms with E-state index in [1.165, 1.54) is 0 Å². The van der Waals surface area contributed by atoms with Gasteiger partial charge in [-0.05, 0) is 51.6 Å². The van der Waals surface area contributed by atoms with Gasteiger partial charge in [0.15, 0.2) is 11.5 Å². The average Bonchev–Trinajstić information content (AvgIpc) is 2.66. The summed E-state index contributed by atoms with van der Waals surface area (Å²) in [5.41, 5.74) is 1.94. The molecule has 0 amide bonds. The minimum Gasteiger partial charge on any atom is -0.396 e. The summed E-state index contributed by atoms with van der Waals surface area (Å²) in [7, 11) is 4.00. The molecule has 162 valence electrons. The zero-order chi connectivity index (χ0) is 21.8. The fourth-order valence-corrected chi connectivity index (χ4v) is 3.35. The molecule has 30 heavy (non-hydrogen) atoms. The second-order valence-electron chi connectivity index (χ2n) is 7.65. The van der Waals surface area contributed by atoms with E-state index in [0.29, 0.717) is 24.0 Å². The zero-order valence-electron chi connectivity index (χ0n) is 17.5. The highest BCUT2D eigenvalue weighted by atomic mass is 16.3. The van der Waals surface area contributed by atoms with E-state index in [0.717, 1.165) is 24.3 Å². The Bertz CT molecular complexity index is 1110. The summed E-state index contributed by atoms with van der Waals surface area (Å²) in [6.07, 6.45) is -0.129. The maximum Gasteiger partial charge on any atom is 0.349 e. The number of nitrogens with zero attached hydrogens (tertiary/aromatic N) is 4. The van der Waals surface area contributed by atoms with E-state index in [1.54, 1.807) is 4.57 Å². The molecule has 1 aromatic carbocycles. The maximum absolute atomic E-state index is 12.3. The van der Waals surface area contributed by atoms with Crippen molar-refractivity contribution in [2.75, 3.05) is 39.1 Å². The van der Waals surface area contributed by atoms with Crippen molar-refractivity contribution >= 4 is 16.7 Å². The first-order valence-corrected chi connectivity index (χ1v) is 9.93. The Balaban J connectivity index is 2.14. The molecule has 2 heterocycles. The van der Waals surface area contributed by atoms with Gasteiger partial charge in [-0.25, -0.2) is 9.78 Å². The molecule has 0 fully saturated rings. The number of likely N-dealkylation sites (N-methyl/N-ethyl adjacent to an activating group) is 1. The number of rotatable bonds is 9. The Morgan fingerprint density at radius 3 is 2.70 bits per heavy atom. The summed E-state index contributed by atoms with van der Waals surface area (Å²) in [5, 5.41) is 22.5. The van der Waals surface area contributed by atoms with Crippen LogP contribution in [-0.2, 0) is 6.54 Å². The number of aryl methyl sites for hydroxylation is 2. The Labute approximate surface area is 173 Å². The standard InChI is InChI=1S/C20H28N6O4/c1-12-10-15-16(11-14(12)21-6-8-25(2)3)26(7-4-13(28)5-9-27)18-17(22-15)19(29)24-20(30)23-18/h10-11,13,21,27-28H,4-9H2,1-3H3,(H,24,29,30)/t13-/m0/s1. The van der Waals surface area contributed by atoms with Crippen molar-refractivity contribution in [3.8, 4) is 11.5 Å². The van der Waals surface area contributed by atoms with Crippen molar-refractivity contribution in [1.29, 1.82) is 0 Å². The lowest BCUT2D eigenvalue weighted by molar-refractivity contribution is 0.121. The van der Waals surface area contributed by atoms with Crippen molar-refractivity contribution in [3.63, 3.8) is 0 Å². The fourth-order valence-electron chi connectivity index (χ4n) is 3.35. The smallest absolute Gasteiger partial charge is 0.349 e. The largest absolute Gasteiger partial charge is 0.396 e. The van der Waals surface area contributed by atoms with E-state index in [2.05, 4.69) is 25.2 Å². The van der Waals surface area contributed by atoms with Gasteiger partial charge in [-0.3, -0.25) is 9.78 Å². The molecular weight excluding hydrogens is 388 g/mol. The van der Waals surface area contributed by atoms with E-state index >= 15 is 0 Å². The number of aliphatic hydroxyl groups excluding tert-OH is 2. The zero-order valence-corrected chi connectivity index (χ0v) is 17.5. The Morgan fingerprint density at radius 1 is 1.23 bits per heavy atom. The quantitative estimate of drug-likeness (QED) is 0.358. The minimum absolute atomic E-state index is 0.0754. The van der Waals surface area contributed by atoms with E-state index in [1.807, 2.05) is 33.2 Å². The lowest BCUT2D eigenvalue weighted by atomic mass is 10.1. The first-order chi connectivity index (χ1) is 14.3. The lowest BCUT2D eigenvalue weighted by Crippen LogP contribution is -2.29. The monoisotopic (exact) mass is 416 g/mol. The number of benzene rings is 1. The molecule has 0 aromatic heterocycles. The Morgan fingerprint density at radius 2 is 2.00 bits per heavy atom. The van der Waals surface area contributed by atoms with Crippen molar-refractivity contribution < 1.29 is 10.2 Å². The Kier molecular flexibility index (Phi) is 6.80. The van der Waals surface area contributed by atoms with Crippen LogP contribution in [-0.4, -0.2) is 74.5 Å². The summed E-state index contributed by atoms with van der Waals surface area (Å²) in [4.78, 5) is 36.8. The van der Waals surface area contributed by atoms with Crippen LogP contribution in [0.3, 0.4) is 0 Å². The summed E-state index contributed by atoms with van der Waals surface area (Å²) in [6, 6.07) is 3.82. The number of nitrogens with one attached hydrogen (secondary N) is 2. The number of hydrogen-bond acceptors (Lipinski definition) is 8. The van der Waals surface area contributed by atoms with Crippen LogP contribution in [0.2, 0.25) is 0 Å². The predicted molar refractivity (Wildman–Crippen MR) is 115 cm³/mol. The number of hydrogen-bond donors (Lipinski definition) is 4. The highest BCUT2D eigenvalue weighted by molar-refractivity contribution is 5.84. The molecule has 0 spiro atoms. The Hall–Kier alpha value is -2.82. The van der Waals surface area contributed by atoms with Gasteiger partial charge in [-0.15, -0.1) is 0 Å². The molecule has 0 unspecified atom stereocenters. The number of anilines is 1. The molecule has 10 heteroatoms. The maximum atomic E-state index is 12.3. The molecule has 10 nitrogen and oxygen atoms in total. The van der Waals surface area contributed by atoms with Gasteiger partial charge < -0.3 is 25.0 Å². The topological polar surface area (TPSA) is 136 Å². The van der Waals surface area contributed by atoms with Gasteiger partial charge in [0.2, 0.25) is 0 Å². The van der Waals surface area contributed by atoms with Crippen LogP contribution in [0.25, 0.3) is 22.6 Å². The summed E-state index contributed by atoms with van der Waals surface area (Å²) in [6.45, 7) is 3.76. The fraction of sp³-hybridized carbons (Fsp3) is 0.500. The molecule has 0 aliphatic carbocycles. The van der Waals surface area contributed by atoms with Crippen LogP contribution >= 0.6 is 0 Å². The summed E-state index contributed by atoms with van der Waals surface area (Å²) < 4.78 is 1.74. The number of aliphatic hydroxyl groups is 2. The van der Waals surface area contributed by atoms with Gasteiger partial charge in [0.25, 0.3) is 5.56 Å². The number of fused-ring (bicyclic) bond motifs is 2. The molecule has 3 rings (SSSR count). The van der Waals surface area contributed by atoms with Gasteiger partial charge in [-0.1, -0.05) is 0 Å². The molecule has 2 aliphatic heterocycles. The van der Waals surface area contributed by atoms with Crippen molar-refractivity contribution in [2.45, 2.75) is 32.4 Å². The number of aromatic nitrogens is 4. The normalized spacial score (nSPS) is 12.7. The second kappa shape index (κ2) is 9.33. The second-order valence-corrected chi connectivity index (χ2v) is 7.65. The average molecular weight is 416 g/mol. The predicted octanol–water partition coefficient (Wildman–Crippen LogP) is -0.0000800. The van der Waals surface area contributed by atoms with Crippen LogP contribution in [0.15, 0.2) is 21.7 Å². The van der Waals surface area contributed by atoms with Crippen LogP contribution in [0, 0.1) is 6.92 Å². The third-order valence-corrected chi connectivity index (χ3v) is 4.98. The van der Waals surface area contributed by atoms with Crippen molar-refractivity contribution in [1.82, 2.24) is 24.4 Å². The minimum atomic E-state index is -0.741. The van der Waals surface area contributed by atoms with Gasteiger partial charge in [-0.2, -0.15) is 4.98 Å². The molecular formula is C20H28N6O4. The highest BCUT2D eigenvalue weighted by Gasteiger charge is 2.20. The van der Waals surface area contributed by atoms with Gasteiger partial charge in [0, 0.05) is 31.9 Å². The third kappa shape index (κ3) is 4.84. The molecule has 1 aromatic rings. The molecule has 2 aliphatic rings. The molecule has 1 atom stereocenters. The van der Waals surface area contributed by atoms with E-state index in [-0.39, 0.29) is 24.5 Å². The third-order valence-electron chi connectivity index (χ3n) is 4.98. The summed E-state index contributed by atoms with van der Waals surface area (Å²) in [5.74, 6) is 0.176. The van der Waals surface area contributed by atoms with Crippen LogP contribution in [0.4, 0.5) is 5.69 Å². The van der Waals surface area contributed by atoms with Crippen LogP contribution in [0.5, 0.6) is 0 Å². The molecule has 0 bridgehead atoms. The van der Waals surface area contributed by atoms with Crippen molar-refractivity contribution in [3.05, 3.63) is 38.5 Å². The van der Waals surface area contributed by atoms with Gasteiger partial charge >= 0.3 is 5.69 Å². The molecule has 4 N–H and O–H groups in total. The van der Waals surface area contributed by atoms with Crippen LogP contribution in [0.1, 0.15) is 18.4 Å². The lowest BCUT2D eigenvalue weighted by Gasteiger charge is -2.20. The number of H-pyrrole nitrogens is 1. The van der Waals surface area contributed by atoms with Gasteiger partial charge in [0.1, 0.15) is 0 Å². The van der Waals surface area contributed by atoms with E-state index in [4.69, 9.17) is 5.11 Å². The van der Waals surface area contributed by atoms with Crippen LogP contribution < -0.4 is 16.6 Å². The number of aromatic amines is 1. The van der Waals surface area contributed by atoms with E-state index < -0.39 is 17.4 Å². The molecule has 0 radical (unpaired) electrons. The van der Waals surface area contributed by atoms with Crippen molar-refractivity contribution in [2.24, 2.45) is 0 Å². The first-order valence-electron chi connectivity index (χ1n) is 9.93. The first kappa shape index (κ1) is 21.9. The molecule has 0 saturated heterocycles. The molecule has 0 saturated carbocycles.